The van der Waals surface area contributed by atoms with Crippen molar-refractivity contribution < 1.29 is 27.5 Å². The molecule has 6 nitrogen and oxygen atoms in total. The average Bonchev–Trinajstić information content (AvgIpc) is 2.95. The predicted octanol–water partition coefficient (Wildman–Crippen LogP) is 3.62. The van der Waals surface area contributed by atoms with Crippen LogP contribution in [-0.4, -0.2) is 21.4 Å². The summed E-state index contributed by atoms with van der Waals surface area (Å²) in [5.41, 5.74) is 0.822. The second-order valence-corrected chi connectivity index (χ2v) is 5.69. The van der Waals surface area contributed by atoms with Crippen molar-refractivity contribution in [1.29, 1.82) is 0 Å². The number of halogens is 3. The number of aromatic nitrogens is 2. The Morgan fingerprint density at radius 3 is 2.41 bits per heavy atom. The molecule has 140 valence electrons. The van der Waals surface area contributed by atoms with Crippen LogP contribution in [0.1, 0.15) is 12.7 Å². The van der Waals surface area contributed by atoms with Gasteiger partial charge in [-0.15, -0.1) is 0 Å². The molecule has 0 radical (unpaired) electrons. The number of nitrogens with zero attached hydrogens (tertiary/aromatic N) is 2. The fourth-order valence-corrected chi connectivity index (χ4v) is 2.55. The summed E-state index contributed by atoms with van der Waals surface area (Å²) in [5.74, 6) is -2.16. The Morgan fingerprint density at radius 1 is 1.11 bits per heavy atom. The molecular formula is C18H14F3N3O3. The first-order valence-corrected chi connectivity index (χ1v) is 7.85. The van der Waals surface area contributed by atoms with Gasteiger partial charge in [0.2, 0.25) is 11.7 Å². The Labute approximate surface area is 151 Å². The van der Waals surface area contributed by atoms with Gasteiger partial charge in [-0.3, -0.25) is 4.79 Å². The number of carbonyl (C=O) groups is 2. The van der Waals surface area contributed by atoms with Crippen LogP contribution in [-0.2, 0) is 22.3 Å². The summed E-state index contributed by atoms with van der Waals surface area (Å²) in [6.07, 6.45) is -4.71. The Kier molecular flexibility index (Phi) is 4.85. The van der Waals surface area contributed by atoms with Crippen molar-refractivity contribution in [3.63, 3.8) is 0 Å². The zero-order valence-corrected chi connectivity index (χ0v) is 14.1. The molecule has 1 amide bonds. The summed E-state index contributed by atoms with van der Waals surface area (Å²) in [7, 11) is 0. The third-order valence-corrected chi connectivity index (χ3v) is 3.60. The van der Waals surface area contributed by atoms with Gasteiger partial charge in [0.15, 0.2) is 0 Å². The van der Waals surface area contributed by atoms with Gasteiger partial charge in [-0.2, -0.15) is 13.2 Å². The third-order valence-electron chi connectivity index (χ3n) is 3.60. The predicted molar refractivity (Wildman–Crippen MR) is 91.1 cm³/mol. The van der Waals surface area contributed by atoms with Crippen LogP contribution in [0.5, 0.6) is 5.75 Å². The second kappa shape index (κ2) is 7.10. The maximum absolute atomic E-state index is 13.2. The Bertz CT molecular complexity index is 994. The highest BCUT2D eigenvalue weighted by atomic mass is 19.4. The van der Waals surface area contributed by atoms with Gasteiger partial charge in [-0.05, 0) is 36.4 Å². The smallest absolute Gasteiger partial charge is 0.425 e. The zero-order chi connectivity index (χ0) is 19.6. The van der Waals surface area contributed by atoms with Gasteiger partial charge in [0, 0.05) is 12.6 Å². The Hall–Kier alpha value is -3.36. The van der Waals surface area contributed by atoms with Crippen molar-refractivity contribution in [3.05, 3.63) is 54.4 Å². The molecule has 2 aromatic carbocycles. The lowest BCUT2D eigenvalue weighted by molar-refractivity contribution is -0.148. The number of esters is 1. The molecule has 0 aliphatic heterocycles. The van der Waals surface area contributed by atoms with E-state index in [0.717, 1.165) is 4.57 Å². The summed E-state index contributed by atoms with van der Waals surface area (Å²) >= 11 is 0. The van der Waals surface area contributed by atoms with Gasteiger partial charge in [0.05, 0.1) is 11.0 Å². The lowest BCUT2D eigenvalue weighted by atomic mass is 10.3. The van der Waals surface area contributed by atoms with Gasteiger partial charge in [-0.1, -0.05) is 12.1 Å². The molecule has 1 N–H and O–H groups in total. The minimum absolute atomic E-state index is 0.136. The molecule has 0 unspecified atom stereocenters. The van der Waals surface area contributed by atoms with Crippen molar-refractivity contribution in [2.75, 3.05) is 5.32 Å². The Morgan fingerprint density at radius 2 is 1.78 bits per heavy atom. The van der Waals surface area contributed by atoms with Crippen LogP contribution in [0.15, 0.2) is 48.5 Å². The summed E-state index contributed by atoms with van der Waals surface area (Å²) in [6.45, 7) is 0.699. The van der Waals surface area contributed by atoms with Crippen LogP contribution >= 0.6 is 0 Å². The molecule has 0 aliphatic rings. The largest absolute Gasteiger partial charge is 0.449 e. The molecule has 0 aliphatic carbocycles. The topological polar surface area (TPSA) is 73.2 Å². The highest BCUT2D eigenvalue weighted by molar-refractivity contribution is 5.88. The number of benzene rings is 2. The van der Waals surface area contributed by atoms with E-state index in [1.807, 2.05) is 0 Å². The van der Waals surface area contributed by atoms with Crippen molar-refractivity contribution >= 4 is 28.6 Å². The number of carbonyl (C=O) groups excluding carboxylic acids is 2. The molecule has 3 aromatic rings. The van der Waals surface area contributed by atoms with Crippen molar-refractivity contribution in [2.24, 2.45) is 0 Å². The van der Waals surface area contributed by atoms with Gasteiger partial charge in [-0.25, -0.2) is 9.78 Å². The maximum atomic E-state index is 13.2. The van der Waals surface area contributed by atoms with Gasteiger partial charge in [0.1, 0.15) is 12.3 Å². The van der Waals surface area contributed by atoms with E-state index in [2.05, 4.69) is 10.3 Å². The molecule has 0 fully saturated rings. The van der Waals surface area contributed by atoms with Crippen LogP contribution in [0.4, 0.5) is 18.9 Å². The van der Waals surface area contributed by atoms with Gasteiger partial charge >= 0.3 is 12.1 Å². The molecule has 27 heavy (non-hydrogen) atoms. The monoisotopic (exact) mass is 377 g/mol. The number of amides is 1. The molecule has 0 saturated heterocycles. The molecule has 9 heteroatoms. The lowest BCUT2D eigenvalue weighted by Gasteiger charge is -2.11. The first-order chi connectivity index (χ1) is 12.7. The number of nitrogens with one attached hydrogen (secondary N) is 1. The zero-order valence-electron chi connectivity index (χ0n) is 14.1. The standard InChI is InChI=1S/C18H14F3N3O3/c1-11(25)22-12-6-8-13(9-7-12)27-16(26)10-24-15-5-3-2-4-14(15)23-17(24)18(19,20)21/h2-9H,10H2,1H3,(H,22,25). The van der Waals surface area contributed by atoms with Crippen molar-refractivity contribution in [3.8, 4) is 5.75 Å². The number of hydrogen-bond donors (Lipinski definition) is 1. The summed E-state index contributed by atoms with van der Waals surface area (Å²) in [5, 5.41) is 2.55. The first-order valence-electron chi connectivity index (χ1n) is 7.85. The van der Waals surface area contributed by atoms with E-state index in [9.17, 15) is 22.8 Å². The molecule has 3 rings (SSSR count). The number of hydrogen-bond acceptors (Lipinski definition) is 4. The second-order valence-electron chi connectivity index (χ2n) is 5.69. The van der Waals surface area contributed by atoms with Crippen LogP contribution in [0.25, 0.3) is 11.0 Å². The highest BCUT2D eigenvalue weighted by Crippen LogP contribution is 2.31. The van der Waals surface area contributed by atoms with Gasteiger partial charge < -0.3 is 14.6 Å². The molecule has 0 spiro atoms. The van der Waals surface area contributed by atoms with E-state index in [0.29, 0.717) is 5.69 Å². The number of ether oxygens (including phenoxy) is 1. The summed E-state index contributed by atoms with van der Waals surface area (Å²) in [6, 6.07) is 11.9. The Balaban J connectivity index is 1.81. The van der Waals surface area contributed by atoms with E-state index in [1.54, 1.807) is 12.1 Å². The van der Waals surface area contributed by atoms with Crippen LogP contribution in [0, 0.1) is 0 Å². The molecular weight excluding hydrogens is 363 g/mol. The number of fused-ring (bicyclic) bond motifs is 1. The molecule has 0 atom stereocenters. The molecule has 0 bridgehead atoms. The van der Waals surface area contributed by atoms with E-state index in [4.69, 9.17) is 4.74 Å². The molecule has 0 saturated carbocycles. The van der Waals surface area contributed by atoms with E-state index >= 15 is 0 Å². The normalized spacial score (nSPS) is 11.4. The minimum atomic E-state index is -4.71. The fraction of sp³-hybridized carbons (Fsp3) is 0.167. The number of anilines is 1. The minimum Gasteiger partial charge on any atom is -0.425 e. The quantitative estimate of drug-likeness (QED) is 0.557. The number of rotatable bonds is 4. The van der Waals surface area contributed by atoms with E-state index < -0.39 is 24.5 Å². The SMILES string of the molecule is CC(=O)Nc1ccc(OC(=O)Cn2c(C(F)(F)F)nc3ccccc32)cc1. The van der Waals surface area contributed by atoms with E-state index in [1.165, 1.54) is 43.3 Å². The first kappa shape index (κ1) is 18.4. The summed E-state index contributed by atoms with van der Waals surface area (Å²) < 4.78 is 45.6. The lowest BCUT2D eigenvalue weighted by Crippen LogP contribution is -2.22. The fourth-order valence-electron chi connectivity index (χ4n) is 2.55. The third kappa shape index (κ3) is 4.25. The van der Waals surface area contributed by atoms with Gasteiger partial charge in [0.25, 0.3) is 0 Å². The maximum Gasteiger partial charge on any atom is 0.449 e. The molecule has 1 aromatic heterocycles. The van der Waals surface area contributed by atoms with Crippen molar-refractivity contribution in [1.82, 2.24) is 9.55 Å². The van der Waals surface area contributed by atoms with Crippen LogP contribution in [0.2, 0.25) is 0 Å². The number of alkyl halides is 3. The molecule has 1 heterocycles. The van der Waals surface area contributed by atoms with Crippen LogP contribution < -0.4 is 10.1 Å². The van der Waals surface area contributed by atoms with E-state index in [-0.39, 0.29) is 22.7 Å². The average molecular weight is 377 g/mol. The number of para-hydroxylation sites is 2. The highest BCUT2D eigenvalue weighted by Gasteiger charge is 2.38. The summed E-state index contributed by atoms with van der Waals surface area (Å²) in [4.78, 5) is 26.7. The van der Waals surface area contributed by atoms with Crippen molar-refractivity contribution in [2.45, 2.75) is 19.6 Å². The number of imidazole rings is 1. The van der Waals surface area contributed by atoms with Crippen LogP contribution in [0.3, 0.4) is 0 Å².